The van der Waals surface area contributed by atoms with Gasteiger partial charge in [0.05, 0.1) is 11.5 Å². The molecule has 0 aliphatic carbocycles. The lowest BCUT2D eigenvalue weighted by atomic mass is 10.2. The number of rotatable bonds is 2. The van der Waals surface area contributed by atoms with Crippen molar-refractivity contribution in [1.82, 2.24) is 4.90 Å². The Hall–Kier alpha value is -2.64. The lowest BCUT2D eigenvalue weighted by Crippen LogP contribution is -2.39. The van der Waals surface area contributed by atoms with Crippen molar-refractivity contribution >= 4 is 23.5 Å². The van der Waals surface area contributed by atoms with Crippen molar-refractivity contribution < 1.29 is 19.2 Å². The van der Waals surface area contributed by atoms with Gasteiger partial charge in [-0.1, -0.05) is 0 Å². The van der Waals surface area contributed by atoms with Gasteiger partial charge in [-0.25, -0.2) is 14.5 Å². The molecular formula is C14H17N3O5. The predicted octanol–water partition coefficient (Wildman–Crippen LogP) is 2.77. The zero-order chi connectivity index (χ0) is 16.5. The number of carbonyl (C=O) groups excluding carboxylic acids is 2. The Labute approximate surface area is 127 Å². The van der Waals surface area contributed by atoms with Crippen LogP contribution in [-0.2, 0) is 4.74 Å². The van der Waals surface area contributed by atoms with Crippen LogP contribution in [0.1, 0.15) is 20.8 Å². The molecule has 0 aromatic heterocycles. The maximum atomic E-state index is 12.3. The summed E-state index contributed by atoms with van der Waals surface area (Å²) in [6.07, 6.45) is -0.693. The van der Waals surface area contributed by atoms with E-state index in [2.05, 4.69) is 0 Å². The molecule has 118 valence electrons. The monoisotopic (exact) mass is 307 g/mol. The number of ether oxygens (including phenoxy) is 1. The van der Waals surface area contributed by atoms with E-state index in [0.29, 0.717) is 12.2 Å². The molecule has 1 aliphatic rings. The van der Waals surface area contributed by atoms with E-state index in [1.54, 1.807) is 20.8 Å². The highest BCUT2D eigenvalue weighted by Crippen LogP contribution is 2.24. The summed E-state index contributed by atoms with van der Waals surface area (Å²) in [7, 11) is 0. The molecule has 1 aromatic carbocycles. The summed E-state index contributed by atoms with van der Waals surface area (Å²) in [5.41, 5.74) is -0.237. The van der Waals surface area contributed by atoms with E-state index in [-0.39, 0.29) is 12.2 Å². The van der Waals surface area contributed by atoms with Gasteiger partial charge in [0, 0.05) is 24.4 Å². The topological polar surface area (TPSA) is 93.0 Å². The summed E-state index contributed by atoms with van der Waals surface area (Å²) in [6, 6.07) is 5.10. The number of benzene rings is 1. The van der Waals surface area contributed by atoms with Crippen LogP contribution < -0.4 is 4.90 Å². The van der Waals surface area contributed by atoms with E-state index < -0.39 is 22.6 Å². The Balaban J connectivity index is 2.11. The molecule has 8 heteroatoms. The number of anilines is 1. The maximum absolute atomic E-state index is 12.3. The van der Waals surface area contributed by atoms with Gasteiger partial charge in [0.25, 0.3) is 5.69 Å². The van der Waals surface area contributed by atoms with Crippen LogP contribution in [0, 0.1) is 10.1 Å². The molecule has 3 amide bonds. The lowest BCUT2D eigenvalue weighted by molar-refractivity contribution is -0.384. The first kappa shape index (κ1) is 15.7. The normalized spacial score (nSPS) is 15.1. The molecule has 0 unspecified atom stereocenters. The first-order valence-corrected chi connectivity index (χ1v) is 6.75. The Morgan fingerprint density at radius 1 is 1.23 bits per heavy atom. The van der Waals surface area contributed by atoms with Gasteiger partial charge in [-0.2, -0.15) is 0 Å². The summed E-state index contributed by atoms with van der Waals surface area (Å²) in [5, 5.41) is 10.6. The smallest absolute Gasteiger partial charge is 0.418 e. The third-order valence-electron chi connectivity index (χ3n) is 3.00. The lowest BCUT2D eigenvalue weighted by Gasteiger charge is -2.23. The third kappa shape index (κ3) is 3.33. The number of urea groups is 1. The zero-order valence-corrected chi connectivity index (χ0v) is 12.6. The number of imide groups is 1. The molecule has 0 atom stereocenters. The van der Waals surface area contributed by atoms with Crippen LogP contribution in [0.5, 0.6) is 0 Å². The minimum Gasteiger partial charge on any atom is -0.443 e. The summed E-state index contributed by atoms with van der Waals surface area (Å²) in [4.78, 5) is 36.7. The fraction of sp³-hybridized carbons (Fsp3) is 0.429. The van der Waals surface area contributed by atoms with Crippen LogP contribution in [-0.4, -0.2) is 40.6 Å². The quantitative estimate of drug-likeness (QED) is 0.618. The van der Waals surface area contributed by atoms with E-state index in [9.17, 15) is 19.7 Å². The highest BCUT2D eigenvalue weighted by atomic mass is 16.6. The van der Waals surface area contributed by atoms with E-state index in [4.69, 9.17) is 4.74 Å². The number of carbonyl (C=O) groups is 2. The Morgan fingerprint density at radius 3 is 2.32 bits per heavy atom. The van der Waals surface area contributed by atoms with Gasteiger partial charge in [-0.3, -0.25) is 15.0 Å². The first-order chi connectivity index (χ1) is 10.2. The molecule has 1 aliphatic heterocycles. The number of hydrogen-bond acceptors (Lipinski definition) is 5. The van der Waals surface area contributed by atoms with Gasteiger partial charge in [0.15, 0.2) is 0 Å². The van der Waals surface area contributed by atoms with Crippen molar-refractivity contribution in [2.75, 3.05) is 18.0 Å². The molecule has 22 heavy (non-hydrogen) atoms. The van der Waals surface area contributed by atoms with E-state index in [0.717, 1.165) is 4.90 Å². The molecule has 8 nitrogen and oxygen atoms in total. The second-order valence-electron chi connectivity index (χ2n) is 5.84. The summed E-state index contributed by atoms with van der Waals surface area (Å²) >= 11 is 0. The molecule has 2 rings (SSSR count). The number of amides is 3. The second kappa shape index (κ2) is 5.63. The van der Waals surface area contributed by atoms with Crippen LogP contribution >= 0.6 is 0 Å². The average molecular weight is 307 g/mol. The van der Waals surface area contributed by atoms with Crippen LogP contribution in [0.15, 0.2) is 24.3 Å². The molecular weight excluding hydrogens is 290 g/mol. The molecule has 1 fully saturated rings. The minimum atomic E-state index is -0.693. The summed E-state index contributed by atoms with van der Waals surface area (Å²) in [6.45, 7) is 5.69. The maximum Gasteiger partial charge on any atom is 0.418 e. The van der Waals surface area contributed by atoms with E-state index in [1.807, 2.05) is 0 Å². The Kier molecular flexibility index (Phi) is 4.03. The van der Waals surface area contributed by atoms with Crippen molar-refractivity contribution in [2.24, 2.45) is 0 Å². The molecule has 1 heterocycles. The first-order valence-electron chi connectivity index (χ1n) is 6.75. The van der Waals surface area contributed by atoms with Gasteiger partial charge in [-0.15, -0.1) is 0 Å². The number of hydrogen-bond donors (Lipinski definition) is 0. The number of nitro benzene ring substituents is 1. The number of non-ortho nitro benzene ring substituents is 1. The molecule has 0 bridgehead atoms. The molecule has 1 aromatic rings. The van der Waals surface area contributed by atoms with Crippen molar-refractivity contribution in [3.8, 4) is 0 Å². The molecule has 0 saturated carbocycles. The highest BCUT2D eigenvalue weighted by Gasteiger charge is 2.36. The summed E-state index contributed by atoms with van der Waals surface area (Å²) < 4.78 is 5.18. The zero-order valence-electron chi connectivity index (χ0n) is 12.6. The van der Waals surface area contributed by atoms with Crippen molar-refractivity contribution in [1.29, 1.82) is 0 Å². The second-order valence-corrected chi connectivity index (χ2v) is 5.84. The van der Waals surface area contributed by atoms with E-state index in [1.165, 1.54) is 29.2 Å². The standard InChI is InChI=1S/C14H17N3O5/c1-14(2,3)22-13(19)16-9-8-15(12(16)18)10-4-6-11(7-5-10)17(20)21/h4-7H,8-9H2,1-3H3. The Morgan fingerprint density at radius 2 is 1.82 bits per heavy atom. The SMILES string of the molecule is CC(C)(C)OC(=O)N1CCN(c2ccc([N+](=O)[O-])cc2)C1=O. The minimum absolute atomic E-state index is 0.0561. The van der Waals surface area contributed by atoms with Crippen molar-refractivity contribution in [2.45, 2.75) is 26.4 Å². The van der Waals surface area contributed by atoms with Crippen molar-refractivity contribution in [3.05, 3.63) is 34.4 Å². The fourth-order valence-corrected chi connectivity index (χ4v) is 2.02. The van der Waals surface area contributed by atoms with Crippen LogP contribution in [0.4, 0.5) is 21.0 Å². The predicted molar refractivity (Wildman–Crippen MR) is 78.8 cm³/mol. The van der Waals surface area contributed by atoms with E-state index >= 15 is 0 Å². The average Bonchev–Trinajstić information content (AvgIpc) is 2.79. The molecule has 0 spiro atoms. The Bertz CT molecular complexity index is 606. The van der Waals surface area contributed by atoms with Gasteiger partial charge in [0.2, 0.25) is 0 Å². The van der Waals surface area contributed by atoms with Crippen LogP contribution in [0.3, 0.4) is 0 Å². The van der Waals surface area contributed by atoms with Crippen molar-refractivity contribution in [3.63, 3.8) is 0 Å². The largest absolute Gasteiger partial charge is 0.443 e. The van der Waals surface area contributed by atoms with Crippen LogP contribution in [0.25, 0.3) is 0 Å². The number of nitro groups is 1. The van der Waals surface area contributed by atoms with Gasteiger partial charge < -0.3 is 4.74 Å². The molecule has 0 N–H and O–H groups in total. The van der Waals surface area contributed by atoms with Gasteiger partial charge in [-0.05, 0) is 32.9 Å². The highest BCUT2D eigenvalue weighted by molar-refractivity contribution is 6.02. The van der Waals surface area contributed by atoms with Gasteiger partial charge in [0.1, 0.15) is 5.60 Å². The van der Waals surface area contributed by atoms with Gasteiger partial charge >= 0.3 is 12.1 Å². The summed E-state index contributed by atoms with van der Waals surface area (Å²) in [5.74, 6) is 0. The van der Waals surface area contributed by atoms with Crippen LogP contribution in [0.2, 0.25) is 0 Å². The molecule has 1 saturated heterocycles. The fourth-order valence-electron chi connectivity index (χ4n) is 2.02. The number of nitrogens with zero attached hydrogens (tertiary/aromatic N) is 3. The third-order valence-corrected chi connectivity index (χ3v) is 3.00. The molecule has 0 radical (unpaired) electrons.